The predicted octanol–water partition coefficient (Wildman–Crippen LogP) is 2.63. The standard InChI is InChI=1S/C24H31N3O6S/c1-5-26(6-2)34(31,32)20-11-7-18(8-12-20)24(30)25-14-23(29)33-15-22(28)21-13-16(3)27(17(21)4)19-9-10-19/h7-8,11-13,19H,5-6,9-10,14-15H2,1-4H3,(H,25,30). The van der Waals surface area contributed by atoms with Crippen molar-refractivity contribution in [1.82, 2.24) is 14.2 Å². The van der Waals surface area contributed by atoms with Gasteiger partial charge in [0.2, 0.25) is 15.8 Å². The number of carbonyl (C=O) groups excluding carboxylic acids is 3. The number of sulfonamides is 1. The highest BCUT2D eigenvalue weighted by Gasteiger charge is 2.28. The second kappa shape index (κ2) is 10.5. The molecule has 0 unspecified atom stereocenters. The molecule has 1 aliphatic carbocycles. The van der Waals surface area contributed by atoms with Gasteiger partial charge in [0.1, 0.15) is 6.54 Å². The first-order chi connectivity index (χ1) is 16.1. The van der Waals surface area contributed by atoms with Gasteiger partial charge >= 0.3 is 5.97 Å². The van der Waals surface area contributed by atoms with Crippen molar-refractivity contribution in [1.29, 1.82) is 0 Å². The topological polar surface area (TPSA) is 115 Å². The zero-order valence-electron chi connectivity index (χ0n) is 20.0. The Hall–Kier alpha value is -2.98. The number of aromatic nitrogens is 1. The molecule has 1 amide bonds. The highest BCUT2D eigenvalue weighted by Crippen LogP contribution is 2.38. The zero-order valence-corrected chi connectivity index (χ0v) is 20.8. The van der Waals surface area contributed by atoms with Crippen molar-refractivity contribution in [3.63, 3.8) is 0 Å². The Kier molecular flexibility index (Phi) is 7.93. The van der Waals surface area contributed by atoms with Crippen molar-refractivity contribution in [2.45, 2.75) is 51.5 Å². The summed E-state index contributed by atoms with van der Waals surface area (Å²) in [5, 5.41) is 2.42. The molecule has 0 bridgehead atoms. The van der Waals surface area contributed by atoms with E-state index in [2.05, 4.69) is 9.88 Å². The molecule has 0 atom stereocenters. The zero-order chi connectivity index (χ0) is 25.0. The number of hydrogen-bond donors (Lipinski definition) is 1. The van der Waals surface area contributed by atoms with Gasteiger partial charge in [-0.05, 0) is 57.0 Å². The maximum absolute atomic E-state index is 12.5. The van der Waals surface area contributed by atoms with E-state index in [0.29, 0.717) is 24.7 Å². The average molecular weight is 490 g/mol. The van der Waals surface area contributed by atoms with Crippen LogP contribution in [0.15, 0.2) is 35.2 Å². The first-order valence-electron chi connectivity index (χ1n) is 11.4. The maximum Gasteiger partial charge on any atom is 0.325 e. The number of hydrogen-bond acceptors (Lipinski definition) is 6. The maximum atomic E-state index is 12.5. The summed E-state index contributed by atoms with van der Waals surface area (Å²) in [5.41, 5.74) is 2.63. The first kappa shape index (κ1) is 25.6. The number of rotatable bonds is 11. The highest BCUT2D eigenvalue weighted by molar-refractivity contribution is 7.89. The van der Waals surface area contributed by atoms with Gasteiger partial charge in [0.25, 0.3) is 5.91 Å². The van der Waals surface area contributed by atoms with Gasteiger partial charge in [-0.1, -0.05) is 13.8 Å². The lowest BCUT2D eigenvalue weighted by Gasteiger charge is -2.18. The van der Waals surface area contributed by atoms with E-state index in [4.69, 9.17) is 4.74 Å². The molecule has 0 aliphatic heterocycles. The number of ketones is 1. The van der Waals surface area contributed by atoms with Crippen molar-refractivity contribution in [2.24, 2.45) is 0 Å². The summed E-state index contributed by atoms with van der Waals surface area (Å²) in [6, 6.07) is 7.75. The Balaban J connectivity index is 1.51. The van der Waals surface area contributed by atoms with Gasteiger partial charge in [-0.2, -0.15) is 4.31 Å². The number of benzene rings is 1. The summed E-state index contributed by atoms with van der Waals surface area (Å²) in [5.74, 6) is -1.58. The van der Waals surface area contributed by atoms with Crippen LogP contribution in [-0.2, 0) is 19.6 Å². The summed E-state index contributed by atoms with van der Waals surface area (Å²) in [6.07, 6.45) is 2.21. The van der Waals surface area contributed by atoms with Crippen molar-refractivity contribution in [2.75, 3.05) is 26.2 Å². The van der Waals surface area contributed by atoms with Crippen LogP contribution in [0.4, 0.5) is 0 Å². The van der Waals surface area contributed by atoms with Gasteiger partial charge in [-0.15, -0.1) is 0 Å². The van der Waals surface area contributed by atoms with Crippen LogP contribution in [0.2, 0.25) is 0 Å². The van der Waals surface area contributed by atoms with E-state index in [1.807, 2.05) is 19.9 Å². The number of ether oxygens (including phenoxy) is 1. The third-order valence-electron chi connectivity index (χ3n) is 5.91. The molecule has 184 valence electrons. The van der Waals surface area contributed by atoms with E-state index in [1.165, 1.54) is 28.6 Å². The van der Waals surface area contributed by atoms with Crippen LogP contribution >= 0.6 is 0 Å². The molecule has 1 N–H and O–H groups in total. The Morgan fingerprint density at radius 3 is 2.26 bits per heavy atom. The minimum atomic E-state index is -3.62. The van der Waals surface area contributed by atoms with Gasteiger partial charge in [-0.25, -0.2) is 8.42 Å². The molecule has 3 rings (SSSR count). The Morgan fingerprint density at radius 2 is 1.71 bits per heavy atom. The quantitative estimate of drug-likeness (QED) is 0.383. The van der Waals surface area contributed by atoms with Gasteiger partial charge in [0, 0.05) is 41.6 Å². The smallest absolute Gasteiger partial charge is 0.325 e. The highest BCUT2D eigenvalue weighted by atomic mass is 32.2. The molecule has 1 saturated carbocycles. The molecule has 9 nitrogen and oxygen atoms in total. The molecule has 34 heavy (non-hydrogen) atoms. The van der Waals surface area contributed by atoms with Crippen LogP contribution < -0.4 is 5.32 Å². The lowest BCUT2D eigenvalue weighted by Crippen LogP contribution is -2.32. The van der Waals surface area contributed by atoms with Crippen LogP contribution in [0, 0.1) is 13.8 Å². The molecule has 1 aromatic carbocycles. The summed E-state index contributed by atoms with van der Waals surface area (Å²) < 4.78 is 33.6. The minimum absolute atomic E-state index is 0.0896. The molecule has 1 fully saturated rings. The molecule has 0 saturated heterocycles. The molecular formula is C24H31N3O6S. The Labute approximate surface area is 200 Å². The molecule has 1 aromatic heterocycles. The van der Waals surface area contributed by atoms with Gasteiger partial charge < -0.3 is 14.6 Å². The van der Waals surface area contributed by atoms with E-state index in [1.54, 1.807) is 13.8 Å². The number of esters is 1. The van der Waals surface area contributed by atoms with E-state index >= 15 is 0 Å². The average Bonchev–Trinajstić information content (AvgIpc) is 3.60. The first-order valence-corrected chi connectivity index (χ1v) is 12.8. The summed E-state index contributed by atoms with van der Waals surface area (Å²) in [6.45, 7) is 7.22. The number of nitrogens with zero attached hydrogens (tertiary/aromatic N) is 2. The van der Waals surface area contributed by atoms with E-state index in [0.717, 1.165) is 24.2 Å². The fourth-order valence-corrected chi connectivity index (χ4v) is 5.43. The van der Waals surface area contributed by atoms with Crippen LogP contribution in [0.1, 0.15) is 64.8 Å². The lowest BCUT2D eigenvalue weighted by molar-refractivity contribution is -0.141. The fraction of sp³-hybridized carbons (Fsp3) is 0.458. The molecule has 1 aliphatic rings. The molecule has 2 aromatic rings. The second-order valence-electron chi connectivity index (χ2n) is 8.27. The number of aryl methyl sites for hydroxylation is 1. The minimum Gasteiger partial charge on any atom is -0.456 e. The Morgan fingerprint density at radius 1 is 1.09 bits per heavy atom. The van der Waals surface area contributed by atoms with Gasteiger partial charge in [0.15, 0.2) is 6.61 Å². The fourth-order valence-electron chi connectivity index (χ4n) is 3.97. The SMILES string of the molecule is CCN(CC)S(=O)(=O)c1ccc(C(=O)NCC(=O)OCC(=O)c2cc(C)n(C3CC3)c2C)cc1. The van der Waals surface area contributed by atoms with Gasteiger partial charge in [-0.3, -0.25) is 14.4 Å². The van der Waals surface area contributed by atoms with E-state index in [9.17, 15) is 22.8 Å². The van der Waals surface area contributed by atoms with Crippen LogP contribution in [0.3, 0.4) is 0 Å². The number of amides is 1. The van der Waals surface area contributed by atoms with Gasteiger partial charge in [0.05, 0.1) is 4.90 Å². The summed E-state index contributed by atoms with van der Waals surface area (Å²) in [4.78, 5) is 37.0. The van der Waals surface area contributed by atoms with Crippen LogP contribution in [-0.4, -0.2) is 61.2 Å². The molecule has 1 heterocycles. The van der Waals surface area contributed by atoms with E-state index in [-0.39, 0.29) is 16.2 Å². The largest absolute Gasteiger partial charge is 0.456 e. The number of carbonyl (C=O) groups is 3. The third-order valence-corrected chi connectivity index (χ3v) is 7.98. The third kappa shape index (κ3) is 5.56. The predicted molar refractivity (Wildman–Crippen MR) is 126 cm³/mol. The van der Waals surface area contributed by atoms with Crippen molar-refractivity contribution in [3.8, 4) is 0 Å². The molecule has 10 heteroatoms. The monoisotopic (exact) mass is 489 g/mol. The number of Topliss-reactive ketones (excluding diaryl/α,β-unsaturated/α-hetero) is 1. The molecular weight excluding hydrogens is 458 g/mol. The van der Waals surface area contributed by atoms with Crippen molar-refractivity contribution < 1.29 is 27.5 Å². The normalized spacial score (nSPS) is 13.7. The van der Waals surface area contributed by atoms with Crippen molar-refractivity contribution in [3.05, 3.63) is 52.8 Å². The van der Waals surface area contributed by atoms with Crippen LogP contribution in [0.25, 0.3) is 0 Å². The number of nitrogens with one attached hydrogen (secondary N) is 1. The lowest BCUT2D eigenvalue weighted by atomic mass is 10.1. The van der Waals surface area contributed by atoms with E-state index < -0.39 is 35.1 Å². The van der Waals surface area contributed by atoms with Crippen molar-refractivity contribution >= 4 is 27.7 Å². The second-order valence-corrected chi connectivity index (χ2v) is 10.2. The summed E-state index contributed by atoms with van der Waals surface area (Å²) >= 11 is 0. The summed E-state index contributed by atoms with van der Waals surface area (Å²) in [7, 11) is -3.62. The Bertz CT molecular complexity index is 1180. The van der Waals surface area contributed by atoms with Crippen LogP contribution in [0.5, 0.6) is 0 Å². The molecule has 0 radical (unpaired) electrons. The molecule has 0 spiro atoms.